The third-order valence-corrected chi connectivity index (χ3v) is 6.76. The van der Waals surface area contributed by atoms with Crippen LogP contribution in [-0.4, -0.2) is 14.3 Å². The van der Waals surface area contributed by atoms with Gasteiger partial charge in [-0.15, -0.1) is 11.3 Å². The number of nitrogens with two attached hydrogens (primary N) is 1. The van der Waals surface area contributed by atoms with E-state index >= 15 is 0 Å². The Morgan fingerprint density at radius 3 is 2.78 bits per heavy atom. The summed E-state index contributed by atoms with van der Waals surface area (Å²) >= 11 is 6.88. The summed E-state index contributed by atoms with van der Waals surface area (Å²) in [5, 5.41) is 8.77. The first-order valence-corrected chi connectivity index (χ1v) is 9.72. The number of sulfonamides is 1. The topological polar surface area (TPSA) is 89.3 Å². The lowest BCUT2D eigenvalue weighted by atomic mass is 10.1. The Kier molecular flexibility index (Phi) is 4.22. The molecule has 0 spiro atoms. The molecule has 0 bridgehead atoms. The molecule has 1 aliphatic carbocycles. The van der Waals surface area contributed by atoms with Crippen LogP contribution in [0.4, 0.5) is 0 Å². The lowest BCUT2D eigenvalue weighted by molar-refractivity contribution is 0.0940. The number of amides is 1. The summed E-state index contributed by atoms with van der Waals surface area (Å²) in [5.41, 5.74) is 2.80. The van der Waals surface area contributed by atoms with Crippen LogP contribution < -0.4 is 10.5 Å². The summed E-state index contributed by atoms with van der Waals surface area (Å²) < 4.78 is 22.8. The predicted octanol–water partition coefficient (Wildman–Crippen LogP) is 2.77. The minimum Gasteiger partial charge on any atom is -0.345 e. The maximum absolute atomic E-state index is 12.5. The first-order chi connectivity index (χ1) is 10.8. The molecule has 0 saturated heterocycles. The fourth-order valence-electron chi connectivity index (χ4n) is 2.78. The van der Waals surface area contributed by atoms with Gasteiger partial charge in [-0.1, -0.05) is 17.7 Å². The average molecular weight is 371 g/mol. The van der Waals surface area contributed by atoms with Gasteiger partial charge in [-0.05, 0) is 54.7 Å². The number of benzene rings is 1. The second kappa shape index (κ2) is 5.90. The third-order valence-electron chi connectivity index (χ3n) is 3.87. The van der Waals surface area contributed by atoms with Crippen molar-refractivity contribution in [3.63, 3.8) is 0 Å². The van der Waals surface area contributed by atoms with Gasteiger partial charge in [-0.2, -0.15) is 0 Å². The molecular weight excluding hydrogens is 356 g/mol. The molecule has 1 aromatic heterocycles. The van der Waals surface area contributed by atoms with Crippen LogP contribution in [0.25, 0.3) is 0 Å². The fraction of sp³-hybridized carbons (Fsp3) is 0.267. The molecule has 3 N–H and O–H groups in total. The number of carbonyl (C=O) groups is 1. The van der Waals surface area contributed by atoms with Crippen LogP contribution in [0.5, 0.6) is 0 Å². The Morgan fingerprint density at radius 2 is 2.13 bits per heavy atom. The highest BCUT2D eigenvalue weighted by atomic mass is 35.5. The van der Waals surface area contributed by atoms with Crippen molar-refractivity contribution in [2.45, 2.75) is 30.0 Å². The Labute approximate surface area is 143 Å². The highest BCUT2D eigenvalue weighted by Crippen LogP contribution is 2.34. The zero-order chi connectivity index (χ0) is 16.8. The van der Waals surface area contributed by atoms with Crippen LogP contribution >= 0.6 is 22.9 Å². The Bertz CT molecular complexity index is 890. The molecular formula is C15H15ClN2O3S2. The van der Waals surface area contributed by atoms with Gasteiger partial charge in [-0.25, -0.2) is 13.6 Å². The third kappa shape index (κ3) is 3.28. The molecule has 122 valence electrons. The standard InChI is InChI=1S/C15H15ClN2O3S2/c1-8-6-13(23(17,20)21)22-14(8)15(19)18-12-5-2-9-7-10(16)3-4-11(9)12/h3-4,6-7,12H,2,5H2,1H3,(H,18,19)(H2,17,20,21). The molecule has 2 aromatic rings. The van der Waals surface area contributed by atoms with Crippen molar-refractivity contribution >= 4 is 38.9 Å². The van der Waals surface area contributed by atoms with Gasteiger partial charge in [0.1, 0.15) is 4.21 Å². The molecule has 8 heteroatoms. The highest BCUT2D eigenvalue weighted by molar-refractivity contribution is 7.91. The minimum atomic E-state index is -3.79. The number of hydrogen-bond acceptors (Lipinski definition) is 4. The second-order valence-electron chi connectivity index (χ2n) is 5.53. The monoisotopic (exact) mass is 370 g/mol. The number of nitrogens with one attached hydrogen (secondary N) is 1. The molecule has 1 aliphatic rings. The summed E-state index contributed by atoms with van der Waals surface area (Å²) in [6, 6.07) is 6.98. The first-order valence-electron chi connectivity index (χ1n) is 6.98. The first kappa shape index (κ1) is 16.4. The molecule has 3 rings (SSSR count). The summed E-state index contributed by atoms with van der Waals surface area (Å²) in [4.78, 5) is 12.8. The van der Waals surface area contributed by atoms with E-state index in [1.54, 1.807) is 13.0 Å². The van der Waals surface area contributed by atoms with Gasteiger partial charge in [0.05, 0.1) is 10.9 Å². The van der Waals surface area contributed by atoms with Crippen LogP contribution in [0.1, 0.15) is 38.8 Å². The van der Waals surface area contributed by atoms with E-state index in [0.717, 1.165) is 35.3 Å². The molecule has 5 nitrogen and oxygen atoms in total. The number of carbonyl (C=O) groups excluding carboxylic acids is 1. The molecule has 1 aromatic carbocycles. The molecule has 0 radical (unpaired) electrons. The zero-order valence-electron chi connectivity index (χ0n) is 12.3. The number of primary sulfonamides is 1. The maximum Gasteiger partial charge on any atom is 0.262 e. The summed E-state index contributed by atoms with van der Waals surface area (Å²) in [5.74, 6) is -0.282. The molecule has 0 aliphatic heterocycles. The van der Waals surface area contributed by atoms with Crippen molar-refractivity contribution in [1.82, 2.24) is 5.32 Å². The van der Waals surface area contributed by atoms with E-state index in [2.05, 4.69) is 5.32 Å². The van der Waals surface area contributed by atoms with Crippen molar-refractivity contribution in [3.8, 4) is 0 Å². The summed E-state index contributed by atoms with van der Waals surface area (Å²) in [7, 11) is -3.79. The van der Waals surface area contributed by atoms with Crippen LogP contribution in [0, 0.1) is 6.92 Å². The molecule has 0 saturated carbocycles. The molecule has 1 heterocycles. The molecule has 23 heavy (non-hydrogen) atoms. The van der Waals surface area contributed by atoms with E-state index < -0.39 is 10.0 Å². The Morgan fingerprint density at radius 1 is 1.39 bits per heavy atom. The largest absolute Gasteiger partial charge is 0.345 e. The number of hydrogen-bond donors (Lipinski definition) is 2. The zero-order valence-corrected chi connectivity index (χ0v) is 14.7. The number of fused-ring (bicyclic) bond motifs is 1. The lowest BCUT2D eigenvalue weighted by Crippen LogP contribution is -2.26. The van der Waals surface area contributed by atoms with Gasteiger partial charge in [0.2, 0.25) is 10.0 Å². The predicted molar refractivity (Wildman–Crippen MR) is 90.4 cm³/mol. The van der Waals surface area contributed by atoms with E-state index in [-0.39, 0.29) is 16.2 Å². The van der Waals surface area contributed by atoms with E-state index in [9.17, 15) is 13.2 Å². The smallest absolute Gasteiger partial charge is 0.262 e. The Balaban J connectivity index is 1.83. The van der Waals surface area contributed by atoms with E-state index in [0.29, 0.717) is 15.5 Å². The van der Waals surface area contributed by atoms with Crippen LogP contribution in [-0.2, 0) is 16.4 Å². The summed E-state index contributed by atoms with van der Waals surface area (Å²) in [6.07, 6.45) is 1.65. The highest BCUT2D eigenvalue weighted by Gasteiger charge is 2.26. The van der Waals surface area contributed by atoms with Crippen LogP contribution in [0.3, 0.4) is 0 Å². The van der Waals surface area contributed by atoms with Crippen molar-refractivity contribution in [2.24, 2.45) is 5.14 Å². The van der Waals surface area contributed by atoms with E-state index in [4.69, 9.17) is 16.7 Å². The van der Waals surface area contributed by atoms with Crippen LogP contribution in [0.15, 0.2) is 28.5 Å². The minimum absolute atomic E-state index is 0.00115. The molecule has 1 amide bonds. The van der Waals surface area contributed by atoms with Crippen LogP contribution in [0.2, 0.25) is 5.02 Å². The second-order valence-corrected chi connectivity index (χ2v) is 8.81. The number of rotatable bonds is 3. The number of aryl methyl sites for hydroxylation is 2. The normalized spacial score (nSPS) is 17.1. The SMILES string of the molecule is Cc1cc(S(N)(=O)=O)sc1C(=O)NC1CCc2cc(Cl)ccc21. The van der Waals surface area contributed by atoms with Crippen molar-refractivity contribution < 1.29 is 13.2 Å². The quantitative estimate of drug-likeness (QED) is 0.870. The van der Waals surface area contributed by atoms with Crippen molar-refractivity contribution in [1.29, 1.82) is 0 Å². The number of halogens is 1. The Hall–Kier alpha value is -1.41. The lowest BCUT2D eigenvalue weighted by Gasteiger charge is -2.14. The maximum atomic E-state index is 12.5. The van der Waals surface area contributed by atoms with E-state index in [1.165, 1.54) is 6.07 Å². The fourth-order valence-corrected chi connectivity index (χ4v) is 4.84. The van der Waals surface area contributed by atoms with E-state index in [1.807, 2.05) is 12.1 Å². The number of thiophene rings is 1. The van der Waals surface area contributed by atoms with Crippen molar-refractivity contribution in [3.05, 3.63) is 50.9 Å². The summed E-state index contributed by atoms with van der Waals surface area (Å²) in [6.45, 7) is 1.70. The molecule has 1 atom stereocenters. The van der Waals surface area contributed by atoms with Gasteiger partial charge in [0, 0.05) is 5.02 Å². The van der Waals surface area contributed by atoms with Gasteiger partial charge in [0.25, 0.3) is 5.91 Å². The van der Waals surface area contributed by atoms with Crippen molar-refractivity contribution in [2.75, 3.05) is 0 Å². The average Bonchev–Trinajstić information content (AvgIpc) is 3.02. The molecule has 0 fully saturated rings. The van der Waals surface area contributed by atoms with Gasteiger partial charge < -0.3 is 5.32 Å². The van der Waals surface area contributed by atoms with Gasteiger partial charge >= 0.3 is 0 Å². The van der Waals surface area contributed by atoms with Gasteiger partial charge in [-0.3, -0.25) is 4.79 Å². The molecule has 1 unspecified atom stereocenters. The van der Waals surface area contributed by atoms with Gasteiger partial charge in [0.15, 0.2) is 0 Å².